The molecule has 54 heavy (non-hydrogen) atoms. The number of esters is 3. The van der Waals surface area contributed by atoms with Crippen molar-refractivity contribution in [1.29, 1.82) is 0 Å². The molecular weight excluding hydrogens is 673 g/mol. The van der Waals surface area contributed by atoms with Gasteiger partial charge in [-0.2, -0.15) is 0 Å². The van der Waals surface area contributed by atoms with Crippen LogP contribution in [0.3, 0.4) is 0 Å². The highest BCUT2D eigenvalue weighted by Gasteiger charge is 2.19. The zero-order chi connectivity index (χ0) is 39.4. The standard InChI is InChI=1S/C48H92O6/c1-4-7-10-13-16-19-22-24-27-30-33-36-39-42-48(51)54-45(43-52-46(49)40-37-34-31-28-25-21-18-15-12-9-6-3)44-53-47(50)41-38-35-32-29-26-23-20-17-14-11-8-5-2/h45H,4-44H2,1-3H3/t45-/m1/s1. The molecule has 0 aromatic rings. The molecule has 0 fully saturated rings. The average molecular weight is 765 g/mol. The second-order valence-corrected chi connectivity index (χ2v) is 16.4. The minimum atomic E-state index is -0.758. The van der Waals surface area contributed by atoms with Crippen LogP contribution >= 0.6 is 0 Å². The Kier molecular flexibility index (Phi) is 42.8. The van der Waals surface area contributed by atoms with Gasteiger partial charge in [0.25, 0.3) is 0 Å². The van der Waals surface area contributed by atoms with Gasteiger partial charge in [-0.1, -0.05) is 233 Å². The topological polar surface area (TPSA) is 78.9 Å². The Bertz CT molecular complexity index is 798. The van der Waals surface area contributed by atoms with Crippen LogP contribution < -0.4 is 0 Å². The summed E-state index contributed by atoms with van der Waals surface area (Å²) >= 11 is 0. The van der Waals surface area contributed by atoms with Gasteiger partial charge in [-0.3, -0.25) is 14.4 Å². The largest absolute Gasteiger partial charge is 0.462 e. The lowest BCUT2D eigenvalue weighted by Crippen LogP contribution is -2.30. The van der Waals surface area contributed by atoms with Crippen LogP contribution in [0.2, 0.25) is 0 Å². The predicted octanol–water partition coefficient (Wildman–Crippen LogP) is 15.3. The highest BCUT2D eigenvalue weighted by Crippen LogP contribution is 2.16. The van der Waals surface area contributed by atoms with E-state index in [1.807, 2.05) is 0 Å². The van der Waals surface area contributed by atoms with Crippen LogP contribution in [0.5, 0.6) is 0 Å². The summed E-state index contributed by atoms with van der Waals surface area (Å²) in [6, 6.07) is 0. The Morgan fingerprint density at radius 1 is 0.296 bits per heavy atom. The van der Waals surface area contributed by atoms with Crippen LogP contribution in [0.25, 0.3) is 0 Å². The van der Waals surface area contributed by atoms with Crippen molar-refractivity contribution in [3.63, 3.8) is 0 Å². The summed E-state index contributed by atoms with van der Waals surface area (Å²) in [6.45, 7) is 6.65. The Labute approximate surface area is 336 Å². The molecule has 0 saturated carbocycles. The van der Waals surface area contributed by atoms with Crippen LogP contribution in [0.4, 0.5) is 0 Å². The number of hydrogen-bond donors (Lipinski definition) is 0. The molecule has 6 heteroatoms. The number of carbonyl (C=O) groups excluding carboxylic acids is 3. The summed E-state index contributed by atoms with van der Waals surface area (Å²) in [5, 5.41) is 0. The molecule has 1 atom stereocenters. The first-order chi connectivity index (χ1) is 26.5. The normalized spacial score (nSPS) is 11.8. The number of carbonyl (C=O) groups is 3. The molecule has 0 heterocycles. The molecular formula is C48H92O6. The molecule has 0 rings (SSSR count). The van der Waals surface area contributed by atoms with Gasteiger partial charge in [0.1, 0.15) is 13.2 Å². The van der Waals surface area contributed by atoms with Gasteiger partial charge in [0.05, 0.1) is 0 Å². The van der Waals surface area contributed by atoms with Crippen molar-refractivity contribution in [2.75, 3.05) is 13.2 Å². The Balaban J connectivity index is 4.32. The van der Waals surface area contributed by atoms with Crippen molar-refractivity contribution < 1.29 is 28.6 Å². The Morgan fingerprint density at radius 3 is 0.741 bits per heavy atom. The lowest BCUT2D eigenvalue weighted by atomic mass is 10.0. The first-order valence-corrected chi connectivity index (χ1v) is 24.0. The number of unbranched alkanes of at least 4 members (excludes halogenated alkanes) is 33. The van der Waals surface area contributed by atoms with E-state index in [9.17, 15) is 14.4 Å². The minimum absolute atomic E-state index is 0.0623. The number of ether oxygens (including phenoxy) is 3. The molecule has 320 valence electrons. The lowest BCUT2D eigenvalue weighted by molar-refractivity contribution is -0.167. The molecule has 0 saturated heterocycles. The van der Waals surface area contributed by atoms with Gasteiger partial charge in [0, 0.05) is 19.3 Å². The summed E-state index contributed by atoms with van der Waals surface area (Å²) in [5.41, 5.74) is 0. The van der Waals surface area contributed by atoms with Crippen LogP contribution in [-0.4, -0.2) is 37.2 Å². The molecule has 0 aromatic heterocycles. The Morgan fingerprint density at radius 2 is 0.500 bits per heavy atom. The fraction of sp³-hybridized carbons (Fsp3) is 0.938. The van der Waals surface area contributed by atoms with Gasteiger partial charge >= 0.3 is 17.9 Å². The van der Waals surface area contributed by atoms with Crippen molar-refractivity contribution in [2.45, 2.75) is 277 Å². The summed E-state index contributed by atoms with van der Waals surface area (Å²) in [5.74, 6) is -0.848. The third-order valence-electron chi connectivity index (χ3n) is 10.9. The summed E-state index contributed by atoms with van der Waals surface area (Å²) < 4.78 is 16.7. The first kappa shape index (κ1) is 52.4. The van der Waals surface area contributed by atoms with Gasteiger partial charge in [-0.15, -0.1) is 0 Å². The zero-order valence-electron chi connectivity index (χ0n) is 36.5. The molecule has 0 aromatic carbocycles. The molecule has 0 amide bonds. The van der Waals surface area contributed by atoms with Gasteiger partial charge in [0.15, 0.2) is 6.10 Å². The quantitative estimate of drug-likeness (QED) is 0.0349. The predicted molar refractivity (Wildman–Crippen MR) is 229 cm³/mol. The molecule has 0 unspecified atom stereocenters. The SMILES string of the molecule is CCCCCCCCCCCCCCCC(=O)O[C@H](COC(=O)CCCCCCCCCCCCC)COC(=O)CCCCCCCCCCCCCC. The van der Waals surface area contributed by atoms with Gasteiger partial charge < -0.3 is 14.2 Å². The van der Waals surface area contributed by atoms with Crippen molar-refractivity contribution in [1.82, 2.24) is 0 Å². The van der Waals surface area contributed by atoms with E-state index in [2.05, 4.69) is 20.8 Å². The van der Waals surface area contributed by atoms with Gasteiger partial charge in [-0.05, 0) is 19.3 Å². The van der Waals surface area contributed by atoms with E-state index in [-0.39, 0.29) is 31.1 Å². The summed E-state index contributed by atoms with van der Waals surface area (Å²) in [6.07, 6.45) is 45.0. The Hall–Kier alpha value is -1.59. The second-order valence-electron chi connectivity index (χ2n) is 16.4. The summed E-state index contributed by atoms with van der Waals surface area (Å²) in [4.78, 5) is 37.8. The minimum Gasteiger partial charge on any atom is -0.462 e. The number of rotatable bonds is 44. The monoisotopic (exact) mass is 765 g/mol. The van der Waals surface area contributed by atoms with E-state index in [0.717, 1.165) is 57.8 Å². The van der Waals surface area contributed by atoms with Crippen LogP contribution in [0, 0.1) is 0 Å². The van der Waals surface area contributed by atoms with Crippen molar-refractivity contribution in [3.05, 3.63) is 0 Å². The fourth-order valence-electron chi connectivity index (χ4n) is 7.21. The first-order valence-electron chi connectivity index (χ1n) is 24.0. The van der Waals surface area contributed by atoms with Gasteiger partial charge in [0.2, 0.25) is 0 Å². The second kappa shape index (κ2) is 44.1. The van der Waals surface area contributed by atoms with Crippen LogP contribution in [0.15, 0.2) is 0 Å². The van der Waals surface area contributed by atoms with Gasteiger partial charge in [-0.25, -0.2) is 0 Å². The van der Waals surface area contributed by atoms with E-state index < -0.39 is 6.10 Å². The lowest BCUT2D eigenvalue weighted by Gasteiger charge is -2.18. The van der Waals surface area contributed by atoms with Crippen molar-refractivity contribution in [2.24, 2.45) is 0 Å². The van der Waals surface area contributed by atoms with E-state index in [0.29, 0.717) is 19.3 Å². The highest BCUT2D eigenvalue weighted by atomic mass is 16.6. The molecule has 0 aliphatic rings. The van der Waals surface area contributed by atoms with E-state index in [1.54, 1.807) is 0 Å². The third-order valence-corrected chi connectivity index (χ3v) is 10.9. The van der Waals surface area contributed by atoms with Crippen molar-refractivity contribution >= 4 is 17.9 Å². The molecule has 0 spiro atoms. The smallest absolute Gasteiger partial charge is 0.306 e. The van der Waals surface area contributed by atoms with E-state index in [1.165, 1.54) is 173 Å². The zero-order valence-corrected chi connectivity index (χ0v) is 36.5. The highest BCUT2D eigenvalue weighted by molar-refractivity contribution is 5.71. The molecule has 0 aliphatic carbocycles. The van der Waals surface area contributed by atoms with E-state index >= 15 is 0 Å². The molecule has 0 radical (unpaired) electrons. The van der Waals surface area contributed by atoms with Crippen molar-refractivity contribution in [3.8, 4) is 0 Å². The van der Waals surface area contributed by atoms with E-state index in [4.69, 9.17) is 14.2 Å². The van der Waals surface area contributed by atoms with Crippen LogP contribution in [-0.2, 0) is 28.6 Å². The maximum absolute atomic E-state index is 12.7. The maximum atomic E-state index is 12.7. The molecule has 0 aliphatic heterocycles. The fourth-order valence-corrected chi connectivity index (χ4v) is 7.21. The number of hydrogen-bond acceptors (Lipinski definition) is 6. The molecule has 0 N–H and O–H groups in total. The molecule has 0 bridgehead atoms. The third kappa shape index (κ3) is 41.6. The average Bonchev–Trinajstić information content (AvgIpc) is 3.17. The maximum Gasteiger partial charge on any atom is 0.306 e. The summed E-state index contributed by atoms with van der Waals surface area (Å²) in [7, 11) is 0. The van der Waals surface area contributed by atoms with Crippen LogP contribution in [0.1, 0.15) is 271 Å². The molecule has 6 nitrogen and oxygen atoms in total.